The zero-order valence-corrected chi connectivity index (χ0v) is 17.6. The van der Waals surface area contributed by atoms with Gasteiger partial charge in [0.25, 0.3) is 5.91 Å². The van der Waals surface area contributed by atoms with E-state index in [0.29, 0.717) is 12.4 Å². The lowest BCUT2D eigenvalue weighted by molar-refractivity contribution is -0.117. The Bertz CT molecular complexity index is 1260. The minimum absolute atomic E-state index is 0.0263. The summed E-state index contributed by atoms with van der Waals surface area (Å²) in [7, 11) is 0. The Hall–Kier alpha value is -3.94. The van der Waals surface area contributed by atoms with Crippen molar-refractivity contribution in [2.24, 2.45) is 5.92 Å². The van der Waals surface area contributed by atoms with E-state index in [0.717, 1.165) is 42.5 Å². The first-order valence-electron chi connectivity index (χ1n) is 10.8. The Balaban J connectivity index is 1.24. The number of fused-ring (bicyclic) bond motifs is 1. The van der Waals surface area contributed by atoms with Crippen LogP contribution in [0.2, 0.25) is 0 Å². The first-order chi connectivity index (χ1) is 15.7. The van der Waals surface area contributed by atoms with E-state index >= 15 is 0 Å². The minimum atomic E-state index is -0.267. The summed E-state index contributed by atoms with van der Waals surface area (Å²) in [5.41, 5.74) is 3.10. The fourth-order valence-corrected chi connectivity index (χ4v) is 3.65. The Morgan fingerprint density at radius 3 is 2.62 bits per heavy atom. The summed E-state index contributed by atoms with van der Waals surface area (Å²) >= 11 is 0. The van der Waals surface area contributed by atoms with Crippen LogP contribution in [-0.2, 0) is 11.3 Å². The van der Waals surface area contributed by atoms with E-state index in [4.69, 9.17) is 0 Å². The summed E-state index contributed by atoms with van der Waals surface area (Å²) in [6.07, 6.45) is 4.40. The number of nitrogens with one attached hydrogen (secondary N) is 2. The number of aromatic nitrogens is 4. The lowest BCUT2D eigenvalue weighted by Crippen LogP contribution is -2.25. The number of hydrogen-bond donors (Lipinski definition) is 2. The van der Waals surface area contributed by atoms with Gasteiger partial charge in [0.2, 0.25) is 5.91 Å². The SMILES string of the molecule is O=C(NCCCn1cnc2ccccc21)c1cc(NC(=O)C2CC2)n(-c2ccccc2)n1. The van der Waals surface area contributed by atoms with Gasteiger partial charge in [0, 0.05) is 25.1 Å². The molecule has 162 valence electrons. The average molecular weight is 428 g/mol. The third-order valence-corrected chi connectivity index (χ3v) is 5.53. The standard InChI is InChI=1S/C24H24N6O2/c31-23(17-11-12-17)27-22-15-20(28-30(22)18-7-2-1-3-8-18)24(32)25-13-6-14-29-16-26-19-9-4-5-10-21(19)29/h1-5,7-10,15-17H,6,11-14H2,(H,25,32)(H,27,31). The Labute approximate surface area is 185 Å². The zero-order valence-electron chi connectivity index (χ0n) is 17.6. The van der Waals surface area contributed by atoms with Crippen molar-refractivity contribution < 1.29 is 9.59 Å². The number of amides is 2. The van der Waals surface area contributed by atoms with Gasteiger partial charge in [-0.15, -0.1) is 0 Å². The van der Waals surface area contributed by atoms with Crippen LogP contribution in [-0.4, -0.2) is 37.7 Å². The molecule has 0 unspecified atom stereocenters. The number of imidazole rings is 1. The highest BCUT2D eigenvalue weighted by Crippen LogP contribution is 2.30. The molecule has 1 saturated carbocycles. The number of nitrogens with zero attached hydrogens (tertiary/aromatic N) is 4. The number of hydrogen-bond acceptors (Lipinski definition) is 4. The molecule has 2 aromatic carbocycles. The molecule has 0 atom stereocenters. The number of carbonyl (C=O) groups excluding carboxylic acids is 2. The number of rotatable bonds is 8. The molecule has 5 rings (SSSR count). The van der Waals surface area contributed by atoms with Gasteiger partial charge in [-0.05, 0) is 43.5 Å². The van der Waals surface area contributed by atoms with Crippen LogP contribution in [0, 0.1) is 5.92 Å². The normalized spacial score (nSPS) is 13.2. The number of aryl methyl sites for hydroxylation is 1. The molecular formula is C24H24N6O2. The van der Waals surface area contributed by atoms with Gasteiger partial charge < -0.3 is 15.2 Å². The molecule has 8 nitrogen and oxygen atoms in total. The van der Waals surface area contributed by atoms with Crippen LogP contribution in [0.15, 0.2) is 67.0 Å². The molecule has 0 saturated heterocycles. The van der Waals surface area contributed by atoms with E-state index in [1.165, 1.54) is 0 Å². The van der Waals surface area contributed by atoms with E-state index in [1.54, 1.807) is 10.7 Å². The van der Waals surface area contributed by atoms with Crippen molar-refractivity contribution in [1.29, 1.82) is 0 Å². The second-order valence-electron chi connectivity index (χ2n) is 7.96. The summed E-state index contributed by atoms with van der Waals surface area (Å²) in [4.78, 5) is 29.4. The van der Waals surface area contributed by atoms with E-state index in [1.807, 2.05) is 60.9 Å². The summed E-state index contributed by atoms with van der Waals surface area (Å²) in [5.74, 6) is 0.271. The highest BCUT2D eigenvalue weighted by atomic mass is 16.2. The molecule has 0 spiro atoms. The Morgan fingerprint density at radius 2 is 1.81 bits per heavy atom. The van der Waals surface area contributed by atoms with Crippen molar-refractivity contribution >= 4 is 28.7 Å². The molecule has 8 heteroatoms. The molecule has 1 aliphatic carbocycles. The lowest BCUT2D eigenvalue weighted by Gasteiger charge is -2.08. The van der Waals surface area contributed by atoms with Crippen LogP contribution in [0.4, 0.5) is 5.82 Å². The smallest absolute Gasteiger partial charge is 0.271 e. The molecule has 4 aromatic rings. The van der Waals surface area contributed by atoms with Crippen molar-refractivity contribution in [3.63, 3.8) is 0 Å². The van der Waals surface area contributed by atoms with E-state index in [-0.39, 0.29) is 23.4 Å². The predicted molar refractivity (Wildman–Crippen MR) is 122 cm³/mol. The van der Waals surface area contributed by atoms with E-state index in [9.17, 15) is 9.59 Å². The monoisotopic (exact) mass is 428 g/mol. The van der Waals surface area contributed by atoms with Gasteiger partial charge in [-0.2, -0.15) is 5.10 Å². The fraction of sp³-hybridized carbons (Fsp3) is 0.250. The van der Waals surface area contributed by atoms with Gasteiger partial charge in [-0.3, -0.25) is 9.59 Å². The molecule has 0 bridgehead atoms. The van der Waals surface area contributed by atoms with E-state index in [2.05, 4.69) is 25.3 Å². The third kappa shape index (κ3) is 4.25. The van der Waals surface area contributed by atoms with Crippen LogP contribution in [0.25, 0.3) is 16.7 Å². The van der Waals surface area contributed by atoms with Gasteiger partial charge in [0.15, 0.2) is 5.69 Å². The quantitative estimate of drug-likeness (QED) is 0.421. The van der Waals surface area contributed by atoms with Crippen LogP contribution in [0.5, 0.6) is 0 Å². The molecule has 0 radical (unpaired) electrons. The maximum atomic E-state index is 12.7. The molecule has 2 heterocycles. The van der Waals surface area contributed by atoms with Gasteiger partial charge in [0.1, 0.15) is 5.82 Å². The number of para-hydroxylation sites is 3. The van der Waals surface area contributed by atoms with Crippen molar-refractivity contribution in [2.75, 3.05) is 11.9 Å². The Morgan fingerprint density at radius 1 is 1.03 bits per heavy atom. The summed E-state index contributed by atoms with van der Waals surface area (Å²) in [6, 6.07) is 19.1. The first kappa shape index (κ1) is 20.0. The van der Waals surface area contributed by atoms with Gasteiger partial charge >= 0.3 is 0 Å². The topological polar surface area (TPSA) is 93.8 Å². The highest BCUT2D eigenvalue weighted by molar-refractivity contribution is 5.97. The van der Waals surface area contributed by atoms with Crippen LogP contribution >= 0.6 is 0 Å². The molecule has 32 heavy (non-hydrogen) atoms. The largest absolute Gasteiger partial charge is 0.351 e. The number of carbonyl (C=O) groups is 2. The van der Waals surface area contributed by atoms with Crippen LogP contribution in [0.1, 0.15) is 29.8 Å². The Kier molecular flexibility index (Phi) is 5.41. The van der Waals surface area contributed by atoms with Crippen molar-refractivity contribution in [3.05, 3.63) is 72.7 Å². The molecule has 1 fully saturated rings. The minimum Gasteiger partial charge on any atom is -0.351 e. The zero-order chi connectivity index (χ0) is 21.9. The maximum Gasteiger partial charge on any atom is 0.271 e. The molecule has 2 N–H and O–H groups in total. The van der Waals surface area contributed by atoms with Gasteiger partial charge in [-0.1, -0.05) is 30.3 Å². The van der Waals surface area contributed by atoms with Gasteiger partial charge in [-0.25, -0.2) is 9.67 Å². The lowest BCUT2D eigenvalue weighted by atomic mass is 10.3. The van der Waals surface area contributed by atoms with Crippen molar-refractivity contribution in [1.82, 2.24) is 24.6 Å². The fourth-order valence-electron chi connectivity index (χ4n) is 3.65. The van der Waals surface area contributed by atoms with Crippen LogP contribution in [0.3, 0.4) is 0 Å². The number of anilines is 1. The van der Waals surface area contributed by atoms with E-state index < -0.39 is 0 Å². The predicted octanol–water partition coefficient (Wildman–Crippen LogP) is 3.39. The van der Waals surface area contributed by atoms with Crippen molar-refractivity contribution in [3.8, 4) is 5.69 Å². The van der Waals surface area contributed by atoms with Crippen LogP contribution < -0.4 is 10.6 Å². The second-order valence-corrected chi connectivity index (χ2v) is 7.96. The molecule has 0 aliphatic heterocycles. The molecule has 2 amide bonds. The van der Waals surface area contributed by atoms with Crippen molar-refractivity contribution in [2.45, 2.75) is 25.8 Å². The first-order valence-corrected chi connectivity index (χ1v) is 10.8. The average Bonchev–Trinajstić information content (AvgIpc) is 3.48. The maximum absolute atomic E-state index is 12.7. The molecule has 2 aromatic heterocycles. The highest BCUT2D eigenvalue weighted by Gasteiger charge is 2.30. The molecule has 1 aliphatic rings. The summed E-state index contributed by atoms with van der Waals surface area (Å²) in [5, 5.41) is 10.3. The molecular weight excluding hydrogens is 404 g/mol. The number of benzene rings is 2. The summed E-state index contributed by atoms with van der Waals surface area (Å²) < 4.78 is 3.68. The third-order valence-electron chi connectivity index (χ3n) is 5.53. The van der Waals surface area contributed by atoms with Gasteiger partial charge in [0.05, 0.1) is 23.0 Å². The summed E-state index contributed by atoms with van der Waals surface area (Å²) in [6.45, 7) is 1.26. The second kappa shape index (κ2) is 8.66.